The van der Waals surface area contributed by atoms with Crippen molar-refractivity contribution in [2.75, 3.05) is 46.4 Å². The minimum atomic E-state index is 0.521. The third kappa shape index (κ3) is 7.33. The van der Waals surface area contributed by atoms with Gasteiger partial charge in [-0.25, -0.2) is 0 Å². The molecule has 1 aliphatic heterocycles. The molecule has 1 aliphatic rings. The van der Waals surface area contributed by atoms with Gasteiger partial charge < -0.3 is 15.4 Å². The normalized spacial score (nSPS) is 17.5. The van der Waals surface area contributed by atoms with E-state index in [-0.39, 0.29) is 0 Å². The summed E-state index contributed by atoms with van der Waals surface area (Å²) in [6.45, 7) is 10.1. The Bertz CT molecular complexity index is 536. The summed E-state index contributed by atoms with van der Waals surface area (Å²) in [6.07, 6.45) is 7.29. The molecule has 0 saturated carbocycles. The average molecular weight is 365 g/mol. The Morgan fingerprint density at radius 3 is 2.69 bits per heavy atom. The molecule has 1 unspecified atom stereocenters. The van der Waals surface area contributed by atoms with Crippen molar-refractivity contribution >= 4 is 5.96 Å². The first-order valence-corrected chi connectivity index (χ1v) is 9.82. The molecule has 1 fully saturated rings. The number of nitrogens with one attached hydrogen (secondary N) is 2. The Morgan fingerprint density at radius 2 is 2.08 bits per heavy atom. The molecule has 26 heavy (non-hydrogen) atoms. The fourth-order valence-electron chi connectivity index (χ4n) is 3.38. The Morgan fingerprint density at radius 1 is 1.31 bits per heavy atom. The molecule has 0 spiro atoms. The largest absolute Gasteiger partial charge is 0.379 e. The number of nitrogens with zero attached hydrogens (tertiary/aromatic N) is 4. The molecule has 0 aromatic carbocycles. The van der Waals surface area contributed by atoms with E-state index in [1.54, 1.807) is 0 Å². The molecule has 1 saturated heterocycles. The lowest BCUT2D eigenvalue weighted by atomic mass is 10.0. The molecule has 7 nitrogen and oxygen atoms in total. The van der Waals surface area contributed by atoms with E-state index in [0.717, 1.165) is 58.2 Å². The van der Waals surface area contributed by atoms with Crippen molar-refractivity contribution in [1.82, 2.24) is 25.3 Å². The number of guanidine groups is 1. The maximum absolute atomic E-state index is 5.50. The van der Waals surface area contributed by atoms with Gasteiger partial charge in [0.1, 0.15) is 0 Å². The molecular weight excluding hydrogens is 328 g/mol. The van der Waals surface area contributed by atoms with Crippen molar-refractivity contribution < 1.29 is 4.74 Å². The summed E-state index contributed by atoms with van der Waals surface area (Å²) in [5.74, 6) is 1.57. The highest BCUT2D eigenvalue weighted by molar-refractivity contribution is 5.79. The minimum absolute atomic E-state index is 0.521. The van der Waals surface area contributed by atoms with Gasteiger partial charge >= 0.3 is 0 Å². The molecule has 1 atom stereocenters. The summed E-state index contributed by atoms with van der Waals surface area (Å²) in [4.78, 5) is 6.92. The molecule has 2 N–H and O–H groups in total. The molecule has 0 radical (unpaired) electrons. The van der Waals surface area contributed by atoms with E-state index in [4.69, 9.17) is 4.74 Å². The van der Waals surface area contributed by atoms with Gasteiger partial charge in [-0.15, -0.1) is 0 Å². The third-order valence-electron chi connectivity index (χ3n) is 4.73. The summed E-state index contributed by atoms with van der Waals surface area (Å²) in [6, 6.07) is 0.521. The van der Waals surface area contributed by atoms with Crippen LogP contribution in [-0.4, -0.2) is 73.1 Å². The van der Waals surface area contributed by atoms with Gasteiger partial charge in [0.05, 0.1) is 19.4 Å². The van der Waals surface area contributed by atoms with Gasteiger partial charge in [-0.05, 0) is 30.7 Å². The SMILES string of the molecule is CN=C(NCCCc1cnn(C)c1)NCC(CC(C)C)N1CCOCC1. The number of morpholine rings is 1. The second kappa shape index (κ2) is 11.2. The molecule has 0 bridgehead atoms. The maximum atomic E-state index is 5.50. The van der Waals surface area contributed by atoms with Gasteiger partial charge in [-0.3, -0.25) is 14.6 Å². The number of hydrogen-bond acceptors (Lipinski definition) is 4. The van der Waals surface area contributed by atoms with Crippen LogP contribution in [0.1, 0.15) is 32.3 Å². The van der Waals surface area contributed by atoms with Crippen molar-refractivity contribution in [3.8, 4) is 0 Å². The van der Waals surface area contributed by atoms with Gasteiger partial charge in [0.25, 0.3) is 0 Å². The van der Waals surface area contributed by atoms with Crippen LogP contribution in [0, 0.1) is 5.92 Å². The summed E-state index contributed by atoms with van der Waals surface area (Å²) in [5, 5.41) is 11.2. The zero-order valence-electron chi connectivity index (χ0n) is 16.9. The highest BCUT2D eigenvalue weighted by Crippen LogP contribution is 2.13. The van der Waals surface area contributed by atoms with Crippen molar-refractivity contribution in [3.63, 3.8) is 0 Å². The van der Waals surface area contributed by atoms with Crippen LogP contribution in [0.4, 0.5) is 0 Å². The quantitative estimate of drug-likeness (QED) is 0.392. The minimum Gasteiger partial charge on any atom is -0.379 e. The van der Waals surface area contributed by atoms with Gasteiger partial charge in [-0.2, -0.15) is 5.10 Å². The lowest BCUT2D eigenvalue weighted by molar-refractivity contribution is 0.0132. The monoisotopic (exact) mass is 364 g/mol. The van der Waals surface area contributed by atoms with E-state index in [2.05, 4.69) is 45.7 Å². The van der Waals surface area contributed by atoms with Crippen LogP contribution in [0.2, 0.25) is 0 Å². The standard InChI is InChI=1S/C19H36N6O/c1-16(2)12-18(25-8-10-26-11-9-25)14-22-19(20-3)21-7-5-6-17-13-23-24(4)15-17/h13,15-16,18H,5-12,14H2,1-4H3,(H2,20,21,22). The maximum Gasteiger partial charge on any atom is 0.191 e. The Kier molecular flexibility index (Phi) is 8.91. The van der Waals surface area contributed by atoms with E-state index in [9.17, 15) is 0 Å². The number of ether oxygens (including phenoxy) is 1. The fourth-order valence-corrected chi connectivity index (χ4v) is 3.38. The predicted molar refractivity (Wildman–Crippen MR) is 107 cm³/mol. The number of rotatable bonds is 9. The summed E-state index contributed by atoms with van der Waals surface area (Å²) < 4.78 is 7.35. The lowest BCUT2D eigenvalue weighted by Gasteiger charge is -2.35. The lowest BCUT2D eigenvalue weighted by Crippen LogP contribution is -2.51. The van der Waals surface area contributed by atoms with E-state index in [1.807, 2.05) is 25.0 Å². The highest BCUT2D eigenvalue weighted by Gasteiger charge is 2.22. The van der Waals surface area contributed by atoms with E-state index >= 15 is 0 Å². The molecule has 2 rings (SSSR count). The van der Waals surface area contributed by atoms with Crippen molar-refractivity contribution in [2.45, 2.75) is 39.2 Å². The Balaban J connectivity index is 1.72. The average Bonchev–Trinajstić information content (AvgIpc) is 3.05. The van der Waals surface area contributed by atoms with Crippen LogP contribution in [0.5, 0.6) is 0 Å². The van der Waals surface area contributed by atoms with E-state index < -0.39 is 0 Å². The molecule has 7 heteroatoms. The van der Waals surface area contributed by atoms with Crippen LogP contribution in [0.3, 0.4) is 0 Å². The zero-order chi connectivity index (χ0) is 18.8. The molecule has 148 valence electrons. The first-order valence-electron chi connectivity index (χ1n) is 9.82. The van der Waals surface area contributed by atoms with Crippen molar-refractivity contribution in [1.29, 1.82) is 0 Å². The topological polar surface area (TPSA) is 66.7 Å². The second-order valence-corrected chi connectivity index (χ2v) is 7.44. The summed E-state index contributed by atoms with van der Waals surface area (Å²) >= 11 is 0. The van der Waals surface area contributed by atoms with Gasteiger partial charge in [0.2, 0.25) is 0 Å². The summed E-state index contributed by atoms with van der Waals surface area (Å²) in [5.41, 5.74) is 1.28. The molecule has 1 aromatic rings. The van der Waals surface area contributed by atoms with Crippen LogP contribution >= 0.6 is 0 Å². The molecule has 1 aromatic heterocycles. The van der Waals surface area contributed by atoms with E-state index in [1.165, 1.54) is 12.0 Å². The first kappa shape index (κ1) is 20.7. The third-order valence-corrected chi connectivity index (χ3v) is 4.73. The number of aliphatic imine (C=N–C) groups is 1. The first-order chi connectivity index (χ1) is 12.6. The molecule has 0 amide bonds. The molecule has 2 heterocycles. The molecule has 0 aliphatic carbocycles. The van der Waals surface area contributed by atoms with Gasteiger partial charge in [-0.1, -0.05) is 13.8 Å². The van der Waals surface area contributed by atoms with Gasteiger partial charge in [0, 0.05) is 52.5 Å². The van der Waals surface area contributed by atoms with Gasteiger partial charge in [0.15, 0.2) is 5.96 Å². The second-order valence-electron chi connectivity index (χ2n) is 7.44. The van der Waals surface area contributed by atoms with Crippen LogP contribution in [0.15, 0.2) is 17.4 Å². The van der Waals surface area contributed by atoms with Crippen molar-refractivity contribution in [2.24, 2.45) is 18.0 Å². The summed E-state index contributed by atoms with van der Waals surface area (Å²) in [7, 11) is 3.79. The smallest absolute Gasteiger partial charge is 0.191 e. The van der Waals surface area contributed by atoms with Crippen molar-refractivity contribution in [3.05, 3.63) is 18.0 Å². The van der Waals surface area contributed by atoms with Crippen LogP contribution in [-0.2, 0) is 18.2 Å². The number of aryl methyl sites for hydroxylation is 2. The highest BCUT2D eigenvalue weighted by atomic mass is 16.5. The van der Waals surface area contributed by atoms with E-state index in [0.29, 0.717) is 12.0 Å². The number of hydrogen-bond donors (Lipinski definition) is 2. The Hall–Kier alpha value is -1.60. The number of aromatic nitrogens is 2. The van der Waals surface area contributed by atoms with Crippen LogP contribution < -0.4 is 10.6 Å². The molecular formula is C19H36N6O. The predicted octanol–water partition coefficient (Wildman–Crippen LogP) is 1.26. The van der Waals surface area contributed by atoms with Crippen LogP contribution in [0.25, 0.3) is 0 Å². The zero-order valence-corrected chi connectivity index (χ0v) is 16.9. The fraction of sp³-hybridized carbons (Fsp3) is 0.789. The Labute approximate surface area is 158 Å².